The number of carbonyl (C=O) groups is 1. The Hall–Kier alpha value is -3.37. The van der Waals surface area contributed by atoms with Crippen molar-refractivity contribution < 1.29 is 37.2 Å². The Morgan fingerprint density at radius 2 is 1.89 bits per heavy atom. The molecule has 15 heteroatoms. The Labute approximate surface area is 220 Å². The molecule has 208 valence electrons. The van der Waals surface area contributed by atoms with Gasteiger partial charge < -0.3 is 25.6 Å². The fourth-order valence-electron chi connectivity index (χ4n) is 3.89. The highest BCUT2D eigenvalue weighted by molar-refractivity contribution is 7.85. The van der Waals surface area contributed by atoms with E-state index in [-0.39, 0.29) is 23.6 Å². The minimum atomic E-state index is -4.53. The van der Waals surface area contributed by atoms with Crippen molar-refractivity contribution in [3.8, 4) is 5.75 Å². The molecule has 38 heavy (non-hydrogen) atoms. The van der Waals surface area contributed by atoms with Gasteiger partial charge in [-0.3, -0.25) is 13.5 Å². The van der Waals surface area contributed by atoms with Gasteiger partial charge in [-0.2, -0.15) is 8.42 Å². The van der Waals surface area contributed by atoms with Crippen molar-refractivity contribution in [2.75, 3.05) is 32.0 Å². The number of amides is 1. The second kappa shape index (κ2) is 12.9. The molecule has 3 heterocycles. The molecule has 4 rings (SSSR count). The molecule has 0 unspecified atom stereocenters. The summed E-state index contributed by atoms with van der Waals surface area (Å²) in [5.41, 5.74) is 6.29. The second-order valence-corrected chi connectivity index (χ2v) is 9.86. The Kier molecular flexibility index (Phi) is 9.93. The average molecular weight is 553 g/mol. The summed E-state index contributed by atoms with van der Waals surface area (Å²) < 4.78 is 37.9. The molecule has 0 spiro atoms. The van der Waals surface area contributed by atoms with Gasteiger partial charge in [-0.25, -0.2) is 19.7 Å². The van der Waals surface area contributed by atoms with Gasteiger partial charge in [0.15, 0.2) is 11.5 Å². The van der Waals surface area contributed by atoms with Crippen LogP contribution in [0, 0.1) is 0 Å². The molecule has 1 aromatic carbocycles. The number of ether oxygens (including phenoxy) is 1. The normalized spacial score (nSPS) is 19.3. The second-order valence-electron chi connectivity index (χ2n) is 8.51. The molecule has 1 fully saturated rings. The first-order valence-electron chi connectivity index (χ1n) is 12.2. The van der Waals surface area contributed by atoms with E-state index in [1.807, 2.05) is 0 Å². The number of benzene rings is 1. The minimum Gasteiger partial charge on any atom is -0.507 e. The standard InChI is InChI=1S/C17H18N6O7S.C6H15N/c18-15-14-16(20-7-19-15)23(8-21-14)13-5-11(25)12(30-13)6-29-31(27,28)22-17(26)9-3-1-2-4-10(9)24;1-4-7(5-2)6-3/h1-4,7-8,11-13,24-25H,5-6H2,(H,22,26)(H2,18,19,20);4-6H2,1-3H3/p+1/t11-,12+,13+;/m0./s1. The first-order valence-corrected chi connectivity index (χ1v) is 13.6. The number of aromatic nitrogens is 4. The maximum Gasteiger partial charge on any atom is 0.362 e. The summed E-state index contributed by atoms with van der Waals surface area (Å²) in [4.78, 5) is 25.8. The zero-order valence-electron chi connectivity index (χ0n) is 21.4. The van der Waals surface area contributed by atoms with E-state index in [4.69, 9.17) is 14.7 Å². The van der Waals surface area contributed by atoms with Gasteiger partial charge in [-0.05, 0) is 32.9 Å². The van der Waals surface area contributed by atoms with Gasteiger partial charge in [0.05, 0.1) is 44.2 Å². The number of nitrogens with zero attached hydrogens (tertiary/aromatic N) is 4. The van der Waals surface area contributed by atoms with Crippen molar-refractivity contribution in [1.82, 2.24) is 24.2 Å². The number of nitrogens with two attached hydrogens (primary N) is 1. The van der Waals surface area contributed by atoms with Crippen LogP contribution < -0.4 is 15.4 Å². The van der Waals surface area contributed by atoms with E-state index in [1.54, 1.807) is 14.2 Å². The number of anilines is 1. The van der Waals surface area contributed by atoms with E-state index in [1.165, 1.54) is 56.6 Å². The fourth-order valence-corrected chi connectivity index (χ4v) is 4.60. The van der Waals surface area contributed by atoms with Crippen LogP contribution in [0.25, 0.3) is 11.2 Å². The van der Waals surface area contributed by atoms with Gasteiger partial charge >= 0.3 is 10.3 Å². The maximum absolute atomic E-state index is 12.1. The average Bonchev–Trinajstić information content (AvgIpc) is 3.48. The molecule has 1 saturated heterocycles. The number of imidazole rings is 1. The summed E-state index contributed by atoms with van der Waals surface area (Å²) >= 11 is 0. The molecule has 6 N–H and O–H groups in total. The van der Waals surface area contributed by atoms with Crippen LogP contribution in [0.2, 0.25) is 0 Å². The number of para-hydroxylation sites is 1. The van der Waals surface area contributed by atoms with Gasteiger partial charge in [0, 0.05) is 6.42 Å². The van der Waals surface area contributed by atoms with Crippen molar-refractivity contribution in [2.24, 2.45) is 0 Å². The topological polar surface area (TPSA) is 196 Å². The van der Waals surface area contributed by atoms with E-state index >= 15 is 0 Å². The van der Waals surface area contributed by atoms with E-state index in [2.05, 4.69) is 35.7 Å². The van der Waals surface area contributed by atoms with Gasteiger partial charge in [0.1, 0.15) is 29.9 Å². The largest absolute Gasteiger partial charge is 0.507 e. The summed E-state index contributed by atoms with van der Waals surface area (Å²) in [6.07, 6.45) is 0.0696. The zero-order valence-corrected chi connectivity index (χ0v) is 22.3. The van der Waals surface area contributed by atoms with Crippen LogP contribution in [0.15, 0.2) is 36.9 Å². The maximum atomic E-state index is 12.1. The van der Waals surface area contributed by atoms with Crippen LogP contribution in [0.3, 0.4) is 0 Å². The van der Waals surface area contributed by atoms with Crippen LogP contribution in [0.5, 0.6) is 5.75 Å². The lowest BCUT2D eigenvalue weighted by atomic mass is 10.2. The number of quaternary nitrogens is 1. The van der Waals surface area contributed by atoms with E-state index in [0.717, 1.165) is 0 Å². The molecule has 0 saturated carbocycles. The summed E-state index contributed by atoms with van der Waals surface area (Å²) in [5, 5.41) is 19.9. The lowest BCUT2D eigenvalue weighted by Crippen LogP contribution is -3.11. The van der Waals surface area contributed by atoms with E-state index in [9.17, 15) is 23.4 Å². The molecule has 0 radical (unpaired) electrons. The van der Waals surface area contributed by atoms with Gasteiger partial charge in [-0.15, -0.1) is 0 Å². The molecule has 2 aromatic heterocycles. The molecular weight excluding hydrogens is 518 g/mol. The highest BCUT2D eigenvalue weighted by Gasteiger charge is 2.37. The number of phenolic OH excluding ortho intramolecular Hbond substituents is 1. The number of carbonyl (C=O) groups excluding carboxylic acids is 1. The Balaban J connectivity index is 0.000000505. The Morgan fingerprint density at radius 3 is 2.53 bits per heavy atom. The third kappa shape index (κ3) is 7.14. The lowest BCUT2D eigenvalue weighted by molar-refractivity contribution is -0.894. The molecule has 3 aromatic rings. The number of hydrogen-bond donors (Lipinski definition) is 5. The zero-order chi connectivity index (χ0) is 27.9. The molecular formula is C23H34N7O7S+. The van der Waals surface area contributed by atoms with Crippen molar-refractivity contribution in [3.63, 3.8) is 0 Å². The highest BCUT2D eigenvalue weighted by Crippen LogP contribution is 2.31. The summed E-state index contributed by atoms with van der Waals surface area (Å²) in [6.45, 7) is 9.94. The van der Waals surface area contributed by atoms with Crippen LogP contribution in [0.1, 0.15) is 43.8 Å². The molecule has 0 aliphatic carbocycles. The number of hydrogen-bond acceptors (Lipinski definition) is 11. The summed E-state index contributed by atoms with van der Waals surface area (Å²) in [7, 11) is -4.53. The first kappa shape index (κ1) is 29.2. The van der Waals surface area contributed by atoms with Gasteiger partial charge in [0.2, 0.25) is 0 Å². The van der Waals surface area contributed by atoms with Crippen molar-refractivity contribution in [1.29, 1.82) is 0 Å². The number of aliphatic hydroxyl groups is 1. The number of rotatable bonds is 9. The number of fused-ring (bicyclic) bond motifs is 1. The third-order valence-corrected chi connectivity index (χ3v) is 7.04. The van der Waals surface area contributed by atoms with E-state index < -0.39 is 41.3 Å². The predicted octanol–water partition coefficient (Wildman–Crippen LogP) is -0.615. The first-order chi connectivity index (χ1) is 18.1. The molecule has 1 amide bonds. The number of nitrogens with one attached hydrogen (secondary N) is 2. The molecule has 3 atom stereocenters. The fraction of sp³-hybridized carbons (Fsp3) is 0.478. The summed E-state index contributed by atoms with van der Waals surface area (Å²) in [6, 6.07) is 5.43. The van der Waals surface area contributed by atoms with Gasteiger partial charge in [-0.1, -0.05) is 12.1 Å². The van der Waals surface area contributed by atoms with E-state index in [0.29, 0.717) is 11.2 Å². The van der Waals surface area contributed by atoms with Crippen LogP contribution in [-0.4, -0.2) is 82.5 Å². The van der Waals surface area contributed by atoms with Crippen LogP contribution in [-0.2, 0) is 19.2 Å². The quantitative estimate of drug-likeness (QED) is 0.227. The monoisotopic (exact) mass is 552 g/mol. The van der Waals surface area contributed by atoms with Crippen molar-refractivity contribution >= 4 is 33.2 Å². The minimum absolute atomic E-state index is 0.119. The lowest BCUT2D eigenvalue weighted by Gasteiger charge is -2.16. The van der Waals surface area contributed by atoms with Gasteiger partial charge in [0.25, 0.3) is 5.91 Å². The highest BCUT2D eigenvalue weighted by atomic mass is 32.2. The van der Waals surface area contributed by atoms with Crippen LogP contribution in [0.4, 0.5) is 5.82 Å². The molecule has 14 nitrogen and oxygen atoms in total. The molecule has 0 bridgehead atoms. The third-order valence-electron chi connectivity index (χ3n) is 6.16. The number of aromatic hydroxyl groups is 1. The smallest absolute Gasteiger partial charge is 0.362 e. The predicted molar refractivity (Wildman–Crippen MR) is 137 cm³/mol. The number of aliphatic hydroxyl groups excluding tert-OH is 1. The number of phenols is 1. The summed E-state index contributed by atoms with van der Waals surface area (Å²) in [5.74, 6) is -1.26. The Bertz CT molecular complexity index is 1330. The molecule has 1 aliphatic rings. The van der Waals surface area contributed by atoms with Crippen LogP contribution >= 0.6 is 0 Å². The number of nitrogen functional groups attached to an aromatic ring is 1. The van der Waals surface area contributed by atoms with Crippen molar-refractivity contribution in [2.45, 2.75) is 45.6 Å². The van der Waals surface area contributed by atoms with Crippen molar-refractivity contribution in [3.05, 3.63) is 42.5 Å². The Morgan fingerprint density at radius 1 is 1.21 bits per heavy atom. The molecule has 1 aliphatic heterocycles. The SMILES string of the molecule is CC[NH+](CC)CC.Nc1ncnc2c1ncn2[C@H]1C[C@H](O)[C@@H](COS(=O)(=O)NC(=O)c2ccccc2O)O1.